The molecule has 0 aliphatic heterocycles. The quantitative estimate of drug-likeness (QED) is 0.0231. The van der Waals surface area contributed by atoms with Crippen LogP contribution in [0.3, 0.4) is 0 Å². The van der Waals surface area contributed by atoms with Crippen LogP contribution in [0.2, 0.25) is 0 Å². The van der Waals surface area contributed by atoms with Gasteiger partial charge in [0, 0.05) is 57.6 Å². The molecular weight excluding hydrogens is 1100 g/mol. The van der Waals surface area contributed by atoms with Gasteiger partial charge in [-0.1, -0.05) is 192 Å². The average Bonchev–Trinajstić information content (AvgIpc) is 3.70. The monoisotopic (exact) mass is 1210 g/mol. The Labute approximate surface area is 515 Å². The van der Waals surface area contributed by atoms with Crippen LogP contribution in [0.1, 0.15) is 226 Å². The van der Waals surface area contributed by atoms with Crippen molar-refractivity contribution in [3.63, 3.8) is 0 Å². The molecule has 1 rings (SSSR count). The van der Waals surface area contributed by atoms with Gasteiger partial charge in [0.25, 0.3) is 0 Å². The molecule has 1 aromatic rings. The lowest BCUT2D eigenvalue weighted by Crippen LogP contribution is -2.48. The van der Waals surface area contributed by atoms with E-state index in [1.165, 1.54) is 142 Å². The zero-order valence-corrected chi connectivity index (χ0v) is 53.2. The van der Waals surface area contributed by atoms with Crippen LogP contribution in [-0.2, 0) is 73.4 Å². The van der Waals surface area contributed by atoms with Crippen molar-refractivity contribution in [3.05, 3.63) is 48.0 Å². The molecule has 0 saturated carbocycles. The number of esters is 1. The van der Waals surface area contributed by atoms with E-state index in [1.807, 2.05) is 6.07 Å². The molecule has 86 heavy (non-hydrogen) atoms. The second-order valence-corrected chi connectivity index (χ2v) is 22.7. The molecule has 0 bridgehead atoms. The summed E-state index contributed by atoms with van der Waals surface area (Å²) in [6, 6.07) is 6.90. The lowest BCUT2D eigenvalue weighted by Gasteiger charge is -2.22. The summed E-state index contributed by atoms with van der Waals surface area (Å²) in [6.45, 7) is 8.64. The Morgan fingerprint density at radius 3 is 1.65 bits per heavy atom. The van der Waals surface area contributed by atoms with Crippen LogP contribution in [0.15, 0.2) is 42.5 Å². The van der Waals surface area contributed by atoms with E-state index in [1.54, 1.807) is 24.3 Å². The molecule has 0 aliphatic rings. The maximum Gasteiger partial charge on any atom is 0.306 e. The summed E-state index contributed by atoms with van der Waals surface area (Å²) in [7, 11) is 0. The van der Waals surface area contributed by atoms with Crippen molar-refractivity contribution in [1.82, 2.24) is 20.9 Å². The average molecular weight is 1210 g/mol. The molecule has 6 amide bonds. The molecule has 0 radical (unpaired) electrons. The summed E-state index contributed by atoms with van der Waals surface area (Å²) in [5.41, 5.74) is 11.7. The zero-order valence-electron chi connectivity index (χ0n) is 53.2. The van der Waals surface area contributed by atoms with Crippen molar-refractivity contribution in [2.24, 2.45) is 17.4 Å². The summed E-state index contributed by atoms with van der Waals surface area (Å²) < 4.78 is 28.5. The van der Waals surface area contributed by atoms with Crippen LogP contribution in [-0.4, -0.2) is 142 Å². The van der Waals surface area contributed by atoms with Gasteiger partial charge in [-0.25, -0.2) is 0 Å². The van der Waals surface area contributed by atoms with Crippen molar-refractivity contribution in [1.29, 1.82) is 0 Å². The van der Waals surface area contributed by atoms with Gasteiger partial charge in [-0.3, -0.25) is 43.2 Å². The van der Waals surface area contributed by atoms with Crippen molar-refractivity contribution in [2.45, 2.75) is 245 Å². The van der Waals surface area contributed by atoms with Gasteiger partial charge in [0.1, 0.15) is 19.2 Å². The van der Waals surface area contributed by atoms with Gasteiger partial charge in [-0.05, 0) is 44.2 Å². The Bertz CT molecular complexity index is 2040. The topological polar surface area (TPSA) is 291 Å². The second-order valence-electron chi connectivity index (χ2n) is 22.7. The first-order valence-corrected chi connectivity index (χ1v) is 32.6. The van der Waals surface area contributed by atoms with E-state index in [0.717, 1.165) is 48.3 Å². The fourth-order valence-corrected chi connectivity index (χ4v) is 9.25. The van der Waals surface area contributed by atoms with Crippen LogP contribution < -0.4 is 27.4 Å². The molecule has 0 spiro atoms. The highest BCUT2D eigenvalue weighted by atomic mass is 16.5. The van der Waals surface area contributed by atoms with Crippen molar-refractivity contribution in [3.8, 4) is 0 Å². The lowest BCUT2D eigenvalue weighted by molar-refractivity contribution is -0.148. The molecule has 0 aromatic heterocycles. The lowest BCUT2D eigenvalue weighted by atomic mass is 10.1. The Morgan fingerprint density at radius 2 is 1.09 bits per heavy atom. The minimum absolute atomic E-state index is 0.0200. The zero-order chi connectivity index (χ0) is 63.3. The number of hydrogen-bond acceptors (Lipinski definition) is 14. The molecule has 1 unspecified atom stereocenters. The van der Waals surface area contributed by atoms with Crippen LogP contribution in [0, 0.1) is 5.92 Å². The van der Waals surface area contributed by atoms with Gasteiger partial charge in [0.05, 0.1) is 51.5 Å². The highest BCUT2D eigenvalue weighted by molar-refractivity contribution is 6.01. The third-order valence-electron chi connectivity index (χ3n) is 14.6. The van der Waals surface area contributed by atoms with E-state index in [-0.39, 0.29) is 83.7 Å². The third-order valence-corrected chi connectivity index (χ3v) is 14.6. The molecule has 0 saturated heterocycles. The van der Waals surface area contributed by atoms with Crippen molar-refractivity contribution >= 4 is 53.0 Å². The number of nitrogens with one attached hydrogen (secondary N) is 3. The number of allylic oxidation sites excluding steroid dienone is 1. The number of ketones is 2. The van der Waals surface area contributed by atoms with Gasteiger partial charge in [-0.2, -0.15) is 0 Å². The largest absolute Gasteiger partial charge is 0.461 e. The molecule has 0 aliphatic carbocycles. The molecule has 20 heteroatoms. The van der Waals surface area contributed by atoms with Gasteiger partial charge in [-0.15, -0.1) is 0 Å². The number of nitrogens with zero attached hydrogens (tertiary/aromatic N) is 1. The van der Waals surface area contributed by atoms with Crippen molar-refractivity contribution < 1.29 is 66.8 Å². The standard InChI is InChI=1S/C66H112N6O14/c1-5-7-9-11-13-15-17-19-21-23-25-30-41-84-52-57(85-43-31-26-24-22-20-18-16-14-12-10-8-6-2)48-69-61(76)38-37-58(65(68)80)71-62(77)40-44-83-46-45-82-42-32-35-56(73)36-39-63(78)72(50-60(67)75)49-59(74)54(4)70-66(81)53(3)47-64(79)86-51-55-33-28-27-29-34-55/h27-29,33-34,36,39,53-54,57-58H,5-26,30-32,35,37-38,40-52H2,1-4H3,(H2,67,75)(H2,68,80)(H,69,76)(H,70,81)(H,71,77)/b39-36+/t53-,54+,57?,58+/m1/s1. The summed E-state index contributed by atoms with van der Waals surface area (Å²) in [5.74, 6) is -6.28. The molecule has 490 valence electrons. The molecule has 1 aromatic carbocycles. The van der Waals surface area contributed by atoms with Crippen LogP contribution in [0.25, 0.3) is 0 Å². The van der Waals surface area contributed by atoms with Gasteiger partial charge >= 0.3 is 5.97 Å². The number of rotatable bonds is 59. The first-order valence-electron chi connectivity index (χ1n) is 32.6. The van der Waals surface area contributed by atoms with E-state index in [2.05, 4.69) is 29.8 Å². The van der Waals surface area contributed by atoms with Crippen LogP contribution in [0.4, 0.5) is 0 Å². The third kappa shape index (κ3) is 45.7. The SMILES string of the molecule is CCCCCCCCCCCCCCOCC(CNC(=O)CC[C@H](NC(=O)CCOCCOCCCC(=O)/C=C/C(=O)N(CC(N)=O)CC(=O)[C@H](C)NC(=O)[C@H](C)CC(=O)OCc1ccccc1)C(N)=O)OCCCCCCCCCCCCCC. The minimum atomic E-state index is -1.09. The number of ether oxygens (including phenoxy) is 5. The Hall–Kier alpha value is -5.57. The van der Waals surface area contributed by atoms with Gasteiger partial charge in [0.15, 0.2) is 11.6 Å². The van der Waals surface area contributed by atoms with Crippen LogP contribution >= 0.6 is 0 Å². The van der Waals surface area contributed by atoms with Gasteiger partial charge in [0.2, 0.25) is 35.4 Å². The molecule has 4 atom stereocenters. The Balaban J connectivity index is 2.40. The number of unbranched alkanes of at least 4 members (excludes halogenated alkanes) is 22. The number of carbonyl (C=O) groups is 9. The summed E-state index contributed by atoms with van der Waals surface area (Å²) in [6.07, 6.45) is 32.0. The predicted molar refractivity (Wildman–Crippen MR) is 334 cm³/mol. The first-order chi connectivity index (χ1) is 41.6. The Kier molecular flexibility index (Phi) is 48.9. The molecule has 20 nitrogen and oxygen atoms in total. The predicted octanol–water partition coefficient (Wildman–Crippen LogP) is 9.14. The summed E-state index contributed by atoms with van der Waals surface area (Å²) in [5, 5.41) is 8.04. The highest BCUT2D eigenvalue weighted by Gasteiger charge is 2.26. The van der Waals surface area contributed by atoms with E-state index < -0.39 is 78.2 Å². The van der Waals surface area contributed by atoms with E-state index in [9.17, 15) is 43.2 Å². The smallest absolute Gasteiger partial charge is 0.306 e. The molecule has 0 fully saturated rings. The second kappa shape index (κ2) is 53.7. The molecular formula is C66H112N6O14. The molecule has 7 N–H and O–H groups in total. The molecule has 0 heterocycles. The fraction of sp³-hybridized carbons (Fsp3) is 0.742. The number of hydrogen-bond donors (Lipinski definition) is 5. The maximum absolute atomic E-state index is 13.0. The van der Waals surface area contributed by atoms with Gasteiger partial charge < -0.3 is 56.0 Å². The van der Waals surface area contributed by atoms with E-state index in [0.29, 0.717) is 26.2 Å². The van der Waals surface area contributed by atoms with Crippen molar-refractivity contribution in [2.75, 3.05) is 65.9 Å². The van der Waals surface area contributed by atoms with Crippen LogP contribution in [0.5, 0.6) is 0 Å². The number of Topliss-reactive ketones (excluding diaryl/α,β-unsaturated/α-hetero) is 1. The minimum Gasteiger partial charge on any atom is -0.461 e. The number of amides is 6. The summed E-state index contributed by atoms with van der Waals surface area (Å²) in [4.78, 5) is 114. The first kappa shape index (κ1) is 78.4. The summed E-state index contributed by atoms with van der Waals surface area (Å²) >= 11 is 0. The van der Waals surface area contributed by atoms with E-state index in [4.69, 9.17) is 35.2 Å². The van der Waals surface area contributed by atoms with E-state index >= 15 is 0 Å². The highest BCUT2D eigenvalue weighted by Crippen LogP contribution is 2.15. The number of primary amides is 2. The number of nitrogens with two attached hydrogens (primary N) is 2. The maximum atomic E-state index is 13.0. The normalized spacial score (nSPS) is 12.7. The number of benzene rings is 1. The number of carbonyl (C=O) groups excluding carboxylic acids is 9. The Morgan fingerprint density at radius 1 is 0.558 bits per heavy atom. The fourth-order valence-electron chi connectivity index (χ4n) is 9.25.